The number of thioether (sulfide) groups is 1. The second-order valence-electron chi connectivity index (χ2n) is 6.69. The normalized spacial score (nSPS) is 16.7. The summed E-state index contributed by atoms with van der Waals surface area (Å²) in [5.41, 5.74) is 3.41. The maximum absolute atomic E-state index is 12.8. The first kappa shape index (κ1) is 21.6. The number of amidine groups is 1. The monoisotopic (exact) mass is 428 g/mol. The number of likely N-dealkylation sites (N-methyl/N-ethyl adjacent to an activating group) is 1. The number of nitro groups is 1. The Morgan fingerprint density at radius 1 is 1.27 bits per heavy atom. The van der Waals surface area contributed by atoms with Crippen LogP contribution in [0.1, 0.15) is 30.8 Å². The number of amides is 1. The van der Waals surface area contributed by atoms with Crippen molar-refractivity contribution in [2.24, 2.45) is 4.99 Å². The van der Waals surface area contributed by atoms with Crippen LogP contribution >= 0.6 is 11.8 Å². The van der Waals surface area contributed by atoms with Crippen molar-refractivity contribution in [2.45, 2.75) is 27.7 Å². The van der Waals surface area contributed by atoms with Crippen LogP contribution in [0.25, 0.3) is 11.8 Å². The standard InChI is InChI=1S/C21H24N4O4S/c1-6-22-21-23(7-2)20(26)19(30-21)11-15-10-13(3)24(14(15)4)17-9-8-16(25(27)28)12-18(17)29-5/h8-12H,6-7H2,1-5H3/b19-11-,22-21?. The van der Waals surface area contributed by atoms with Gasteiger partial charge in [0.2, 0.25) is 0 Å². The van der Waals surface area contributed by atoms with Gasteiger partial charge < -0.3 is 9.30 Å². The Bertz CT molecular complexity index is 1070. The number of rotatable bonds is 6. The number of nitrogens with zero attached hydrogens (tertiary/aromatic N) is 4. The average Bonchev–Trinajstić information content (AvgIpc) is 3.16. The van der Waals surface area contributed by atoms with E-state index in [2.05, 4.69) is 4.99 Å². The Hall–Kier alpha value is -3.07. The van der Waals surface area contributed by atoms with E-state index in [-0.39, 0.29) is 11.6 Å². The SMILES string of the molecule is CCN=C1S/C(=C\c2cc(C)n(-c3ccc([N+](=O)[O-])cc3OC)c2C)C(=O)N1CC. The number of nitro benzene ring substituents is 1. The van der Waals surface area contributed by atoms with Crippen molar-refractivity contribution in [3.63, 3.8) is 0 Å². The van der Waals surface area contributed by atoms with E-state index in [1.54, 1.807) is 11.0 Å². The van der Waals surface area contributed by atoms with Crippen LogP contribution in [0.5, 0.6) is 5.75 Å². The maximum atomic E-state index is 12.8. The zero-order valence-electron chi connectivity index (χ0n) is 17.6. The van der Waals surface area contributed by atoms with Crippen molar-refractivity contribution in [1.82, 2.24) is 9.47 Å². The number of carbonyl (C=O) groups excluding carboxylic acids is 1. The van der Waals surface area contributed by atoms with Gasteiger partial charge in [-0.2, -0.15) is 0 Å². The number of methoxy groups -OCH3 is 1. The second kappa shape index (κ2) is 8.74. The molecule has 0 N–H and O–H groups in total. The van der Waals surface area contributed by atoms with Crippen molar-refractivity contribution >= 4 is 34.6 Å². The second-order valence-corrected chi connectivity index (χ2v) is 7.70. The predicted octanol–water partition coefficient (Wildman–Crippen LogP) is 4.32. The number of aromatic nitrogens is 1. The lowest BCUT2D eigenvalue weighted by atomic mass is 10.2. The molecule has 158 valence electrons. The highest BCUT2D eigenvalue weighted by Gasteiger charge is 2.32. The van der Waals surface area contributed by atoms with Crippen LogP contribution in [0.4, 0.5) is 5.69 Å². The predicted molar refractivity (Wildman–Crippen MR) is 119 cm³/mol. The smallest absolute Gasteiger partial charge is 0.273 e. The first-order valence-corrected chi connectivity index (χ1v) is 10.4. The molecule has 1 aromatic carbocycles. The van der Waals surface area contributed by atoms with E-state index in [0.29, 0.717) is 29.4 Å². The summed E-state index contributed by atoms with van der Waals surface area (Å²) >= 11 is 1.38. The molecular weight excluding hydrogens is 404 g/mol. The average molecular weight is 429 g/mol. The van der Waals surface area contributed by atoms with Crippen molar-refractivity contribution in [3.05, 3.63) is 56.2 Å². The maximum Gasteiger partial charge on any atom is 0.273 e. The minimum atomic E-state index is -0.449. The van der Waals surface area contributed by atoms with Gasteiger partial charge in [0.25, 0.3) is 11.6 Å². The third-order valence-electron chi connectivity index (χ3n) is 4.87. The van der Waals surface area contributed by atoms with Gasteiger partial charge >= 0.3 is 0 Å². The molecule has 0 bridgehead atoms. The van der Waals surface area contributed by atoms with Crippen LogP contribution in [-0.4, -0.2) is 45.7 Å². The molecule has 0 aliphatic carbocycles. The largest absolute Gasteiger partial charge is 0.494 e. The van der Waals surface area contributed by atoms with Crippen molar-refractivity contribution in [2.75, 3.05) is 20.2 Å². The number of aliphatic imine (C=N–C) groups is 1. The van der Waals surface area contributed by atoms with E-state index in [1.807, 2.05) is 44.4 Å². The summed E-state index contributed by atoms with van der Waals surface area (Å²) in [5.74, 6) is 0.360. The number of ether oxygens (including phenoxy) is 1. The summed E-state index contributed by atoms with van der Waals surface area (Å²) in [6.07, 6.45) is 1.88. The van der Waals surface area contributed by atoms with E-state index >= 15 is 0 Å². The first-order chi connectivity index (χ1) is 14.3. The molecule has 3 rings (SSSR count). The van der Waals surface area contributed by atoms with Crippen LogP contribution in [0.2, 0.25) is 0 Å². The Balaban J connectivity index is 2.06. The molecule has 0 unspecified atom stereocenters. The first-order valence-electron chi connectivity index (χ1n) is 9.59. The summed E-state index contributed by atoms with van der Waals surface area (Å²) < 4.78 is 7.38. The van der Waals surface area contributed by atoms with Crippen LogP contribution in [0.15, 0.2) is 34.2 Å². The van der Waals surface area contributed by atoms with Crippen molar-refractivity contribution in [1.29, 1.82) is 0 Å². The highest BCUT2D eigenvalue weighted by molar-refractivity contribution is 8.18. The number of hydrogen-bond donors (Lipinski definition) is 0. The topological polar surface area (TPSA) is 90.0 Å². The van der Waals surface area contributed by atoms with Crippen LogP contribution in [0, 0.1) is 24.0 Å². The highest BCUT2D eigenvalue weighted by atomic mass is 32.2. The minimum Gasteiger partial charge on any atom is -0.494 e. The van der Waals surface area contributed by atoms with Crippen molar-refractivity contribution < 1.29 is 14.5 Å². The van der Waals surface area contributed by atoms with E-state index in [9.17, 15) is 14.9 Å². The molecule has 0 spiro atoms. The Labute approximate surface area is 179 Å². The summed E-state index contributed by atoms with van der Waals surface area (Å²) in [5, 5.41) is 11.8. The fourth-order valence-corrected chi connectivity index (χ4v) is 4.55. The molecule has 30 heavy (non-hydrogen) atoms. The van der Waals surface area contributed by atoms with Gasteiger partial charge in [0.1, 0.15) is 5.75 Å². The summed E-state index contributed by atoms with van der Waals surface area (Å²) in [6.45, 7) is 8.96. The van der Waals surface area contributed by atoms with Gasteiger partial charge in [-0.1, -0.05) is 0 Å². The van der Waals surface area contributed by atoms with E-state index in [4.69, 9.17) is 4.74 Å². The molecule has 9 heteroatoms. The van der Waals surface area contributed by atoms with Crippen molar-refractivity contribution in [3.8, 4) is 11.4 Å². The quantitative estimate of drug-likeness (QED) is 0.388. The molecule has 1 saturated heterocycles. The Morgan fingerprint density at radius 2 is 2.00 bits per heavy atom. The number of hydrogen-bond acceptors (Lipinski definition) is 6. The number of benzene rings is 1. The molecule has 1 aliphatic rings. The molecule has 8 nitrogen and oxygen atoms in total. The van der Waals surface area contributed by atoms with Gasteiger partial charge in [0, 0.05) is 30.5 Å². The number of aryl methyl sites for hydroxylation is 1. The van der Waals surface area contributed by atoms with Gasteiger partial charge in [0.15, 0.2) is 5.17 Å². The zero-order valence-corrected chi connectivity index (χ0v) is 18.4. The molecule has 2 aromatic rings. The molecule has 1 fully saturated rings. The highest BCUT2D eigenvalue weighted by Crippen LogP contribution is 2.35. The van der Waals surface area contributed by atoms with Gasteiger partial charge in [-0.05, 0) is 63.2 Å². The van der Waals surface area contributed by atoms with Gasteiger partial charge in [0.05, 0.1) is 28.7 Å². The molecule has 1 amide bonds. The fourth-order valence-electron chi connectivity index (χ4n) is 3.45. The summed E-state index contributed by atoms with van der Waals surface area (Å²) in [6, 6.07) is 6.53. The fraction of sp³-hybridized carbons (Fsp3) is 0.333. The van der Waals surface area contributed by atoms with Gasteiger partial charge in [-0.25, -0.2) is 0 Å². The minimum absolute atomic E-state index is 0.0317. The zero-order chi connectivity index (χ0) is 22.0. The molecule has 1 aliphatic heterocycles. The molecule has 0 radical (unpaired) electrons. The molecule has 0 atom stereocenters. The third kappa shape index (κ3) is 3.85. The lowest BCUT2D eigenvalue weighted by Crippen LogP contribution is -2.28. The van der Waals surface area contributed by atoms with Gasteiger partial charge in [-0.15, -0.1) is 0 Å². The van der Waals surface area contributed by atoms with Crippen LogP contribution < -0.4 is 4.74 Å². The van der Waals surface area contributed by atoms with E-state index < -0.39 is 4.92 Å². The number of carbonyl (C=O) groups is 1. The Kier molecular flexibility index (Phi) is 6.31. The summed E-state index contributed by atoms with van der Waals surface area (Å²) in [7, 11) is 1.49. The summed E-state index contributed by atoms with van der Waals surface area (Å²) in [4.78, 5) is 30.1. The molecular formula is C21H24N4O4S. The van der Waals surface area contributed by atoms with E-state index in [1.165, 1.54) is 31.0 Å². The lowest BCUT2D eigenvalue weighted by molar-refractivity contribution is -0.384. The molecule has 2 heterocycles. The lowest BCUT2D eigenvalue weighted by Gasteiger charge is -2.14. The number of non-ortho nitro benzene ring substituents is 1. The van der Waals surface area contributed by atoms with Crippen LogP contribution in [-0.2, 0) is 4.79 Å². The van der Waals surface area contributed by atoms with Gasteiger partial charge in [-0.3, -0.25) is 24.8 Å². The molecule has 1 aromatic heterocycles. The third-order valence-corrected chi connectivity index (χ3v) is 5.91. The van der Waals surface area contributed by atoms with Crippen LogP contribution in [0.3, 0.4) is 0 Å². The molecule has 0 saturated carbocycles. The Morgan fingerprint density at radius 3 is 2.60 bits per heavy atom. The van der Waals surface area contributed by atoms with E-state index in [0.717, 1.165) is 22.1 Å².